The number of nitrogens with one attached hydrogen (secondary N) is 1. The second-order valence-corrected chi connectivity index (χ2v) is 3.91. The van der Waals surface area contributed by atoms with Crippen molar-refractivity contribution in [2.45, 2.75) is 6.54 Å². The number of nitro benzene ring substituents is 1. The average Bonchev–Trinajstić information content (AvgIpc) is 2.37. The Balaban J connectivity index is 2.18. The Bertz CT molecular complexity index is 562. The van der Waals surface area contributed by atoms with Gasteiger partial charge in [-0.2, -0.15) is 0 Å². The van der Waals surface area contributed by atoms with Gasteiger partial charge < -0.3 is 5.32 Å². The van der Waals surface area contributed by atoms with Gasteiger partial charge in [-0.3, -0.25) is 10.1 Å². The number of nitrogens with zero attached hydrogens (tertiary/aromatic N) is 3. The molecule has 0 bridgehead atoms. The van der Waals surface area contributed by atoms with Gasteiger partial charge in [-0.15, -0.1) is 0 Å². The zero-order chi connectivity index (χ0) is 13.0. The molecule has 2 rings (SSSR count). The van der Waals surface area contributed by atoms with E-state index in [0.29, 0.717) is 17.3 Å². The van der Waals surface area contributed by atoms with Gasteiger partial charge in [-0.25, -0.2) is 9.97 Å². The normalized spacial score (nSPS) is 10.1. The topological polar surface area (TPSA) is 81.0 Å². The van der Waals surface area contributed by atoms with E-state index in [1.807, 2.05) is 0 Å². The molecule has 0 aliphatic carbocycles. The molecule has 0 aliphatic heterocycles. The average molecular weight is 265 g/mol. The fourth-order valence-electron chi connectivity index (χ4n) is 1.42. The predicted molar refractivity (Wildman–Crippen MR) is 67.5 cm³/mol. The van der Waals surface area contributed by atoms with Gasteiger partial charge in [0.25, 0.3) is 5.69 Å². The maximum atomic E-state index is 10.8. The molecule has 0 spiro atoms. The Morgan fingerprint density at radius 3 is 2.89 bits per heavy atom. The maximum Gasteiger partial charge on any atom is 0.292 e. The molecule has 0 atom stereocenters. The molecule has 0 aliphatic rings. The van der Waals surface area contributed by atoms with E-state index in [0.717, 1.165) is 5.69 Å². The SMILES string of the molecule is O=[N+]([O-])c1ccc(Cl)cc1NCc1ccncn1. The van der Waals surface area contributed by atoms with E-state index in [1.165, 1.54) is 24.5 Å². The fourth-order valence-corrected chi connectivity index (χ4v) is 1.59. The Kier molecular flexibility index (Phi) is 3.69. The van der Waals surface area contributed by atoms with Gasteiger partial charge in [0.1, 0.15) is 12.0 Å². The number of halogens is 1. The van der Waals surface area contributed by atoms with Gasteiger partial charge in [0.2, 0.25) is 0 Å². The monoisotopic (exact) mass is 264 g/mol. The Morgan fingerprint density at radius 1 is 1.39 bits per heavy atom. The van der Waals surface area contributed by atoms with Crippen molar-refractivity contribution in [3.8, 4) is 0 Å². The molecule has 0 fully saturated rings. The molecule has 1 heterocycles. The Hall–Kier alpha value is -2.21. The van der Waals surface area contributed by atoms with Gasteiger partial charge in [-0.1, -0.05) is 11.6 Å². The van der Waals surface area contributed by atoms with Crippen LogP contribution in [0.2, 0.25) is 5.02 Å². The van der Waals surface area contributed by atoms with E-state index in [1.54, 1.807) is 12.3 Å². The first kappa shape index (κ1) is 12.3. The highest BCUT2D eigenvalue weighted by Crippen LogP contribution is 2.27. The van der Waals surface area contributed by atoms with Crippen LogP contribution in [0.4, 0.5) is 11.4 Å². The second kappa shape index (κ2) is 5.42. The van der Waals surface area contributed by atoms with Crippen molar-refractivity contribution in [2.24, 2.45) is 0 Å². The molecule has 0 unspecified atom stereocenters. The highest BCUT2D eigenvalue weighted by Gasteiger charge is 2.13. The minimum atomic E-state index is -0.460. The van der Waals surface area contributed by atoms with Gasteiger partial charge in [0.05, 0.1) is 17.2 Å². The number of aromatic nitrogens is 2. The molecule has 1 aromatic carbocycles. The number of hydrogen-bond acceptors (Lipinski definition) is 5. The number of benzene rings is 1. The zero-order valence-electron chi connectivity index (χ0n) is 9.21. The van der Waals surface area contributed by atoms with Crippen LogP contribution in [-0.2, 0) is 6.54 Å². The summed E-state index contributed by atoms with van der Waals surface area (Å²) in [5.74, 6) is 0. The molecule has 2 aromatic rings. The number of rotatable bonds is 4. The van der Waals surface area contributed by atoms with Crippen LogP contribution in [0, 0.1) is 10.1 Å². The van der Waals surface area contributed by atoms with Crippen LogP contribution in [0.3, 0.4) is 0 Å². The zero-order valence-corrected chi connectivity index (χ0v) is 9.96. The van der Waals surface area contributed by atoms with E-state index in [9.17, 15) is 10.1 Å². The molecule has 1 aromatic heterocycles. The number of nitro groups is 1. The quantitative estimate of drug-likeness (QED) is 0.678. The van der Waals surface area contributed by atoms with E-state index < -0.39 is 4.92 Å². The molecular weight excluding hydrogens is 256 g/mol. The van der Waals surface area contributed by atoms with Crippen molar-refractivity contribution in [1.82, 2.24) is 9.97 Å². The van der Waals surface area contributed by atoms with E-state index in [4.69, 9.17) is 11.6 Å². The summed E-state index contributed by atoms with van der Waals surface area (Å²) in [6.07, 6.45) is 3.03. The molecule has 0 radical (unpaired) electrons. The molecule has 0 amide bonds. The van der Waals surface area contributed by atoms with Crippen LogP contribution < -0.4 is 5.32 Å². The first-order valence-corrected chi connectivity index (χ1v) is 5.47. The second-order valence-electron chi connectivity index (χ2n) is 3.47. The summed E-state index contributed by atoms with van der Waals surface area (Å²) in [5.41, 5.74) is 1.08. The lowest BCUT2D eigenvalue weighted by Gasteiger charge is -2.06. The predicted octanol–water partition coefficient (Wildman–Crippen LogP) is 2.65. The molecule has 0 saturated carbocycles. The van der Waals surface area contributed by atoms with Crippen molar-refractivity contribution < 1.29 is 4.92 Å². The molecule has 18 heavy (non-hydrogen) atoms. The Labute approximate surface area is 108 Å². The molecule has 6 nitrogen and oxygen atoms in total. The third kappa shape index (κ3) is 2.92. The lowest BCUT2D eigenvalue weighted by Crippen LogP contribution is -2.04. The maximum absolute atomic E-state index is 10.8. The van der Waals surface area contributed by atoms with Crippen molar-refractivity contribution >= 4 is 23.0 Å². The molecule has 92 valence electrons. The molecule has 0 saturated heterocycles. The van der Waals surface area contributed by atoms with E-state index >= 15 is 0 Å². The summed E-state index contributed by atoms with van der Waals surface area (Å²) >= 11 is 5.82. The summed E-state index contributed by atoms with van der Waals surface area (Å²) < 4.78 is 0. The summed E-state index contributed by atoms with van der Waals surface area (Å²) in [6, 6.07) is 6.09. The summed E-state index contributed by atoms with van der Waals surface area (Å²) in [4.78, 5) is 18.2. The van der Waals surface area contributed by atoms with Crippen LogP contribution in [0.1, 0.15) is 5.69 Å². The van der Waals surface area contributed by atoms with Gasteiger partial charge in [-0.05, 0) is 18.2 Å². The highest BCUT2D eigenvalue weighted by molar-refractivity contribution is 6.31. The van der Waals surface area contributed by atoms with Crippen molar-refractivity contribution in [2.75, 3.05) is 5.32 Å². The Morgan fingerprint density at radius 2 is 2.22 bits per heavy atom. The van der Waals surface area contributed by atoms with E-state index in [-0.39, 0.29) is 5.69 Å². The summed E-state index contributed by atoms with van der Waals surface area (Å²) in [6.45, 7) is 0.365. The van der Waals surface area contributed by atoms with Crippen LogP contribution in [0.15, 0.2) is 36.8 Å². The van der Waals surface area contributed by atoms with Gasteiger partial charge in [0.15, 0.2) is 0 Å². The standard InChI is InChI=1S/C11H9ClN4O2/c12-8-1-2-11(16(17)18)10(5-8)14-6-9-3-4-13-7-15-9/h1-5,7,14H,6H2. The smallest absolute Gasteiger partial charge is 0.292 e. The highest BCUT2D eigenvalue weighted by atomic mass is 35.5. The minimum Gasteiger partial charge on any atom is -0.374 e. The third-order valence-corrected chi connectivity index (χ3v) is 2.49. The van der Waals surface area contributed by atoms with Crippen LogP contribution >= 0.6 is 11.6 Å². The van der Waals surface area contributed by atoms with Crippen molar-refractivity contribution in [3.05, 3.63) is 57.6 Å². The minimum absolute atomic E-state index is 0.0199. The first-order chi connectivity index (χ1) is 8.66. The van der Waals surface area contributed by atoms with Crippen LogP contribution in [0.25, 0.3) is 0 Å². The van der Waals surface area contributed by atoms with Crippen molar-refractivity contribution in [1.29, 1.82) is 0 Å². The molecule has 1 N–H and O–H groups in total. The lowest BCUT2D eigenvalue weighted by atomic mass is 10.2. The van der Waals surface area contributed by atoms with Crippen LogP contribution in [0.5, 0.6) is 0 Å². The lowest BCUT2D eigenvalue weighted by molar-refractivity contribution is -0.384. The van der Waals surface area contributed by atoms with Crippen molar-refractivity contribution in [3.63, 3.8) is 0 Å². The largest absolute Gasteiger partial charge is 0.374 e. The van der Waals surface area contributed by atoms with Crippen LogP contribution in [-0.4, -0.2) is 14.9 Å². The molecular formula is C11H9ClN4O2. The fraction of sp³-hybridized carbons (Fsp3) is 0.0909. The van der Waals surface area contributed by atoms with Gasteiger partial charge in [0, 0.05) is 17.3 Å². The number of anilines is 1. The summed E-state index contributed by atoms with van der Waals surface area (Å²) in [7, 11) is 0. The third-order valence-electron chi connectivity index (χ3n) is 2.26. The molecule has 7 heteroatoms. The summed E-state index contributed by atoms with van der Waals surface area (Å²) in [5, 5.41) is 14.2. The van der Waals surface area contributed by atoms with E-state index in [2.05, 4.69) is 15.3 Å². The van der Waals surface area contributed by atoms with Gasteiger partial charge >= 0.3 is 0 Å². The number of hydrogen-bond donors (Lipinski definition) is 1. The first-order valence-electron chi connectivity index (χ1n) is 5.09.